The van der Waals surface area contributed by atoms with E-state index in [1.165, 1.54) is 9.30 Å². The summed E-state index contributed by atoms with van der Waals surface area (Å²) in [5.41, 5.74) is 1.16. The van der Waals surface area contributed by atoms with E-state index in [2.05, 4.69) is 4.98 Å². The van der Waals surface area contributed by atoms with Gasteiger partial charge in [0.25, 0.3) is 5.56 Å². The molecule has 0 bridgehead atoms. The molecule has 8 heteroatoms. The van der Waals surface area contributed by atoms with E-state index >= 15 is 0 Å². The average molecular weight is 398 g/mol. The highest BCUT2D eigenvalue weighted by Gasteiger charge is 2.39. The summed E-state index contributed by atoms with van der Waals surface area (Å²) in [6.07, 6.45) is 3.12. The minimum absolute atomic E-state index is 0.128. The number of fused-ring (bicyclic) bond motifs is 2. The zero-order valence-corrected chi connectivity index (χ0v) is 17.1. The molecule has 1 saturated heterocycles. The minimum atomic E-state index is -0.612. The van der Waals surface area contributed by atoms with Crippen molar-refractivity contribution in [2.24, 2.45) is 0 Å². The zero-order chi connectivity index (χ0) is 20.8. The quantitative estimate of drug-likeness (QED) is 0.733. The van der Waals surface area contributed by atoms with Crippen molar-refractivity contribution in [1.29, 1.82) is 0 Å². The Morgan fingerprint density at radius 2 is 2.00 bits per heavy atom. The van der Waals surface area contributed by atoms with E-state index in [0.717, 1.165) is 12.1 Å². The maximum atomic E-state index is 13.2. The molecule has 1 atom stereocenters. The molecule has 0 saturated carbocycles. The van der Waals surface area contributed by atoms with E-state index in [0.29, 0.717) is 37.1 Å². The highest BCUT2D eigenvalue weighted by molar-refractivity contribution is 5.86. The molecule has 0 unspecified atom stereocenters. The van der Waals surface area contributed by atoms with E-state index in [1.807, 2.05) is 26.8 Å². The molecular formula is C21H26N4O4. The molecule has 0 spiro atoms. The van der Waals surface area contributed by atoms with Crippen LogP contribution in [0.25, 0.3) is 5.65 Å². The van der Waals surface area contributed by atoms with Gasteiger partial charge in [0, 0.05) is 25.7 Å². The largest absolute Gasteiger partial charge is 0.444 e. The lowest BCUT2D eigenvalue weighted by Gasteiger charge is -2.33. The maximum absolute atomic E-state index is 13.2. The van der Waals surface area contributed by atoms with Gasteiger partial charge >= 0.3 is 6.09 Å². The number of nitrogens with zero attached hydrogens (tertiary/aromatic N) is 4. The highest BCUT2D eigenvalue weighted by atomic mass is 16.6. The fraction of sp³-hybridized carbons (Fsp3) is 0.524. The fourth-order valence-electron chi connectivity index (χ4n) is 4.01. The van der Waals surface area contributed by atoms with Crippen LogP contribution >= 0.6 is 0 Å². The molecule has 4 heterocycles. The van der Waals surface area contributed by atoms with E-state index in [4.69, 9.17) is 4.74 Å². The van der Waals surface area contributed by atoms with Crippen LogP contribution in [0.15, 0.2) is 29.2 Å². The average Bonchev–Trinajstić information content (AvgIpc) is 3.16. The van der Waals surface area contributed by atoms with Crippen LogP contribution in [-0.2, 0) is 22.5 Å². The number of hydrogen-bond donors (Lipinski definition) is 0. The Morgan fingerprint density at radius 1 is 1.21 bits per heavy atom. The monoisotopic (exact) mass is 398 g/mol. The highest BCUT2D eigenvalue weighted by Crippen LogP contribution is 2.24. The molecule has 154 valence electrons. The predicted octanol–water partition coefficient (Wildman–Crippen LogP) is 1.98. The first-order valence-electron chi connectivity index (χ1n) is 10.0. The van der Waals surface area contributed by atoms with Gasteiger partial charge in [-0.2, -0.15) is 0 Å². The first kappa shape index (κ1) is 19.4. The van der Waals surface area contributed by atoms with E-state index < -0.39 is 17.7 Å². The number of likely N-dealkylation sites (tertiary alicyclic amines) is 1. The van der Waals surface area contributed by atoms with Crippen molar-refractivity contribution >= 4 is 17.6 Å². The maximum Gasteiger partial charge on any atom is 0.410 e. The summed E-state index contributed by atoms with van der Waals surface area (Å²) in [4.78, 5) is 46.4. The second-order valence-corrected chi connectivity index (χ2v) is 8.61. The normalized spacial score (nSPS) is 19.3. The van der Waals surface area contributed by atoms with Gasteiger partial charge in [-0.05, 0) is 45.7 Å². The summed E-state index contributed by atoms with van der Waals surface area (Å²) >= 11 is 0. The first-order chi connectivity index (χ1) is 13.7. The van der Waals surface area contributed by atoms with Crippen molar-refractivity contribution in [2.45, 2.75) is 58.2 Å². The van der Waals surface area contributed by atoms with Crippen molar-refractivity contribution in [3.8, 4) is 0 Å². The number of carbonyl (C=O) groups is 2. The Bertz CT molecular complexity index is 1020. The number of rotatable bonds is 1. The summed E-state index contributed by atoms with van der Waals surface area (Å²) in [7, 11) is 0. The molecule has 2 aliphatic heterocycles. The molecule has 8 nitrogen and oxygen atoms in total. The Hall–Kier alpha value is -2.90. The van der Waals surface area contributed by atoms with Crippen LogP contribution < -0.4 is 5.56 Å². The molecule has 0 radical (unpaired) electrons. The van der Waals surface area contributed by atoms with Gasteiger partial charge in [0.2, 0.25) is 5.91 Å². The van der Waals surface area contributed by atoms with Crippen molar-refractivity contribution in [1.82, 2.24) is 19.2 Å². The molecule has 2 aromatic rings. The third-order valence-corrected chi connectivity index (χ3v) is 5.36. The summed E-state index contributed by atoms with van der Waals surface area (Å²) in [6.45, 7) is 6.64. The van der Waals surface area contributed by atoms with Gasteiger partial charge in [0.1, 0.15) is 17.3 Å². The van der Waals surface area contributed by atoms with Gasteiger partial charge in [-0.1, -0.05) is 6.07 Å². The number of ether oxygens (including phenoxy) is 1. The van der Waals surface area contributed by atoms with Crippen molar-refractivity contribution in [2.75, 3.05) is 13.1 Å². The lowest BCUT2D eigenvalue weighted by Crippen LogP contribution is -2.51. The number of carbonyl (C=O) groups excluding carboxylic acids is 2. The predicted molar refractivity (Wildman–Crippen MR) is 107 cm³/mol. The standard InChI is InChI=1S/C21H26N4O4/c1-21(2,3)29-20(28)24-11-6-7-16(24)19(27)23-12-9-15-14(13-23)18(26)25-10-5-4-8-17(25)22-15/h4-5,8,10,16H,6-7,9,11-13H2,1-3H3/t16-/m1/s1. The van der Waals surface area contributed by atoms with Gasteiger partial charge < -0.3 is 9.64 Å². The van der Waals surface area contributed by atoms with Crippen LogP contribution in [0, 0.1) is 0 Å². The molecule has 0 aromatic carbocycles. The molecular weight excluding hydrogens is 372 g/mol. The Morgan fingerprint density at radius 3 is 2.76 bits per heavy atom. The van der Waals surface area contributed by atoms with Crippen molar-refractivity contribution in [3.63, 3.8) is 0 Å². The number of aromatic nitrogens is 2. The molecule has 1 fully saturated rings. The first-order valence-corrected chi connectivity index (χ1v) is 10.0. The second kappa shape index (κ2) is 7.17. The van der Waals surface area contributed by atoms with Crippen molar-refractivity contribution < 1.29 is 14.3 Å². The molecule has 29 heavy (non-hydrogen) atoms. The molecule has 2 aliphatic rings. The molecule has 0 N–H and O–H groups in total. The van der Waals surface area contributed by atoms with Crippen LogP contribution in [0.2, 0.25) is 0 Å². The summed E-state index contributed by atoms with van der Waals surface area (Å²) in [5.74, 6) is -0.128. The van der Waals surface area contributed by atoms with Gasteiger partial charge in [-0.3, -0.25) is 18.9 Å². The Labute approximate surface area is 169 Å². The smallest absolute Gasteiger partial charge is 0.410 e. The van der Waals surface area contributed by atoms with Gasteiger partial charge in [0.15, 0.2) is 0 Å². The zero-order valence-electron chi connectivity index (χ0n) is 17.1. The summed E-state index contributed by atoms with van der Waals surface area (Å²) in [5, 5.41) is 0. The molecule has 4 rings (SSSR count). The molecule has 2 aromatic heterocycles. The van der Waals surface area contributed by atoms with Gasteiger partial charge in [-0.25, -0.2) is 9.78 Å². The van der Waals surface area contributed by atoms with Crippen LogP contribution in [0.4, 0.5) is 4.79 Å². The van der Waals surface area contributed by atoms with Crippen LogP contribution in [-0.4, -0.2) is 55.9 Å². The van der Waals surface area contributed by atoms with Gasteiger partial charge in [0.05, 0.1) is 17.8 Å². The number of hydrogen-bond acceptors (Lipinski definition) is 5. The van der Waals surface area contributed by atoms with Crippen LogP contribution in [0.3, 0.4) is 0 Å². The Kier molecular flexibility index (Phi) is 4.80. The van der Waals surface area contributed by atoms with Crippen molar-refractivity contribution in [3.05, 3.63) is 46.0 Å². The van der Waals surface area contributed by atoms with E-state index in [-0.39, 0.29) is 18.0 Å². The fourth-order valence-corrected chi connectivity index (χ4v) is 4.01. The summed E-state index contributed by atoms with van der Waals surface area (Å²) < 4.78 is 6.98. The minimum Gasteiger partial charge on any atom is -0.444 e. The lowest BCUT2D eigenvalue weighted by atomic mass is 10.0. The molecule has 0 aliphatic carbocycles. The summed E-state index contributed by atoms with van der Waals surface area (Å²) in [6, 6.07) is 4.89. The van der Waals surface area contributed by atoms with E-state index in [1.54, 1.807) is 23.2 Å². The van der Waals surface area contributed by atoms with E-state index in [9.17, 15) is 14.4 Å². The van der Waals surface area contributed by atoms with Crippen LogP contribution in [0.5, 0.6) is 0 Å². The lowest BCUT2D eigenvalue weighted by molar-refractivity contribution is -0.136. The third-order valence-electron chi connectivity index (χ3n) is 5.36. The van der Waals surface area contributed by atoms with Gasteiger partial charge in [-0.15, -0.1) is 0 Å². The SMILES string of the molecule is CC(C)(C)OC(=O)N1CCC[C@@H]1C(=O)N1CCc2nc3ccccn3c(=O)c2C1. The number of pyridine rings is 1. The third kappa shape index (κ3) is 3.71. The van der Waals surface area contributed by atoms with Crippen LogP contribution in [0.1, 0.15) is 44.9 Å². The topological polar surface area (TPSA) is 84.2 Å². The molecule has 2 amide bonds. The second-order valence-electron chi connectivity index (χ2n) is 8.61. The number of amides is 2. The Balaban J connectivity index is 1.56.